The Morgan fingerprint density at radius 3 is 2.23 bits per heavy atom. The molecular formula is C24H21ClN2O6S2. The lowest BCUT2D eigenvalue weighted by atomic mass is 10.0. The minimum Gasteiger partial charge on any atom is -0.478 e. The number of rotatable bonds is 9. The van der Waals surface area contributed by atoms with E-state index in [1.165, 1.54) is 61.2 Å². The Morgan fingerprint density at radius 1 is 0.914 bits per heavy atom. The molecule has 11 heteroatoms. The highest BCUT2D eigenvalue weighted by atomic mass is 35.5. The van der Waals surface area contributed by atoms with E-state index in [-0.39, 0.29) is 33.2 Å². The van der Waals surface area contributed by atoms with E-state index in [1.54, 1.807) is 24.3 Å². The van der Waals surface area contributed by atoms with Crippen molar-refractivity contribution in [2.24, 2.45) is 0 Å². The van der Waals surface area contributed by atoms with Crippen LogP contribution in [0.2, 0.25) is 5.02 Å². The summed E-state index contributed by atoms with van der Waals surface area (Å²) in [6.45, 7) is 1.24. The molecule has 0 fully saturated rings. The molecule has 3 N–H and O–H groups in total. The lowest BCUT2D eigenvalue weighted by Gasteiger charge is -2.14. The highest BCUT2D eigenvalue weighted by Gasteiger charge is 2.22. The number of amides is 2. The van der Waals surface area contributed by atoms with Crippen molar-refractivity contribution >= 4 is 62.4 Å². The Balaban J connectivity index is 1.77. The number of halogens is 1. The molecule has 0 unspecified atom stereocenters. The molecular weight excluding hydrogens is 512 g/mol. The summed E-state index contributed by atoms with van der Waals surface area (Å²) in [5.74, 6) is -2.44. The quantitative estimate of drug-likeness (QED) is 0.337. The molecule has 3 aromatic carbocycles. The van der Waals surface area contributed by atoms with Gasteiger partial charge in [0.2, 0.25) is 5.91 Å². The van der Waals surface area contributed by atoms with Crippen LogP contribution < -0.4 is 10.6 Å². The minimum absolute atomic E-state index is 0.00714. The van der Waals surface area contributed by atoms with E-state index < -0.39 is 27.6 Å². The second-order valence-corrected chi connectivity index (χ2v) is 11.0. The van der Waals surface area contributed by atoms with Crippen molar-refractivity contribution in [2.45, 2.75) is 16.7 Å². The smallest absolute Gasteiger partial charge is 0.338 e. The highest BCUT2D eigenvalue weighted by molar-refractivity contribution is 8.00. The fraction of sp³-hybridized carbons (Fsp3) is 0.125. The van der Waals surface area contributed by atoms with Gasteiger partial charge in [0, 0.05) is 22.6 Å². The normalized spacial score (nSPS) is 11.0. The van der Waals surface area contributed by atoms with E-state index in [0.717, 1.165) is 0 Å². The average molecular weight is 533 g/mol. The van der Waals surface area contributed by atoms with Gasteiger partial charge in [0.25, 0.3) is 5.91 Å². The SMILES string of the molecule is CC(=O)Nc1cccc(C(=O)Nc2ccccc2SCCS(=O)(=O)c2ccc(Cl)cc2)c1C(=O)O. The summed E-state index contributed by atoms with van der Waals surface area (Å²) in [6.07, 6.45) is 0. The minimum atomic E-state index is -3.52. The Bertz CT molecular complexity index is 1380. The summed E-state index contributed by atoms with van der Waals surface area (Å²) >= 11 is 7.06. The maximum absolute atomic E-state index is 13.0. The van der Waals surface area contributed by atoms with Crippen molar-refractivity contribution in [2.75, 3.05) is 22.1 Å². The Labute approximate surface area is 211 Å². The molecule has 2 amide bonds. The molecule has 0 aliphatic rings. The first-order valence-corrected chi connectivity index (χ1v) is 13.3. The van der Waals surface area contributed by atoms with Gasteiger partial charge in [0.15, 0.2) is 9.84 Å². The number of anilines is 2. The van der Waals surface area contributed by atoms with Gasteiger partial charge in [-0.15, -0.1) is 11.8 Å². The van der Waals surface area contributed by atoms with Crippen LogP contribution >= 0.6 is 23.4 Å². The first-order chi connectivity index (χ1) is 16.6. The highest BCUT2D eigenvalue weighted by Crippen LogP contribution is 2.29. The second-order valence-electron chi connectivity index (χ2n) is 7.29. The van der Waals surface area contributed by atoms with E-state index in [4.69, 9.17) is 11.6 Å². The molecule has 8 nitrogen and oxygen atoms in total. The van der Waals surface area contributed by atoms with Gasteiger partial charge < -0.3 is 15.7 Å². The standard InChI is InChI=1S/C24H21ClN2O6S2/c1-15(28)26-20-7-4-5-18(22(20)24(30)31)23(29)27-19-6-2-3-8-21(19)34-13-14-35(32,33)17-11-9-16(25)10-12-17/h2-12H,13-14H2,1H3,(H,26,28)(H,27,29)(H,30,31). The van der Waals surface area contributed by atoms with Crippen LogP contribution in [0.3, 0.4) is 0 Å². The van der Waals surface area contributed by atoms with Gasteiger partial charge in [0.05, 0.1) is 33.2 Å². The van der Waals surface area contributed by atoms with Crippen LogP contribution in [-0.4, -0.2) is 42.8 Å². The van der Waals surface area contributed by atoms with Crippen molar-refractivity contribution in [3.8, 4) is 0 Å². The van der Waals surface area contributed by atoms with Crippen LogP contribution in [0, 0.1) is 0 Å². The largest absolute Gasteiger partial charge is 0.478 e. The Hall–Kier alpha value is -3.34. The lowest BCUT2D eigenvalue weighted by Crippen LogP contribution is -2.19. The van der Waals surface area contributed by atoms with Crippen molar-refractivity contribution in [3.05, 3.63) is 82.9 Å². The number of nitrogens with one attached hydrogen (secondary N) is 2. The predicted octanol–water partition coefficient (Wildman–Crippen LogP) is 4.81. The number of thioether (sulfide) groups is 1. The Morgan fingerprint density at radius 2 is 1.57 bits per heavy atom. The van der Waals surface area contributed by atoms with E-state index in [2.05, 4.69) is 10.6 Å². The summed E-state index contributed by atoms with van der Waals surface area (Å²) in [5, 5.41) is 15.2. The monoisotopic (exact) mass is 532 g/mol. The molecule has 3 rings (SSSR count). The molecule has 0 radical (unpaired) electrons. The zero-order chi connectivity index (χ0) is 25.6. The van der Waals surface area contributed by atoms with Gasteiger partial charge in [-0.25, -0.2) is 13.2 Å². The number of aromatic carboxylic acids is 1. The Kier molecular flexibility index (Phi) is 8.55. The third kappa shape index (κ3) is 6.84. The third-order valence-electron chi connectivity index (χ3n) is 4.75. The number of carboxylic acid groups (broad SMARTS) is 1. The van der Waals surface area contributed by atoms with Gasteiger partial charge in [0.1, 0.15) is 0 Å². The van der Waals surface area contributed by atoms with Crippen molar-refractivity contribution in [1.82, 2.24) is 0 Å². The molecule has 0 bridgehead atoms. The van der Waals surface area contributed by atoms with Crippen LogP contribution in [0.25, 0.3) is 0 Å². The van der Waals surface area contributed by atoms with Gasteiger partial charge in [-0.1, -0.05) is 29.8 Å². The molecule has 3 aromatic rings. The molecule has 182 valence electrons. The van der Waals surface area contributed by atoms with Crippen LogP contribution in [-0.2, 0) is 14.6 Å². The van der Waals surface area contributed by atoms with Crippen LogP contribution in [0.15, 0.2) is 76.5 Å². The van der Waals surface area contributed by atoms with Gasteiger partial charge in [-0.2, -0.15) is 0 Å². The zero-order valence-electron chi connectivity index (χ0n) is 18.4. The molecule has 0 aliphatic heterocycles. The summed E-state index contributed by atoms with van der Waals surface area (Å²) in [7, 11) is -3.52. The number of carboxylic acids is 1. The molecule has 0 aliphatic carbocycles. The van der Waals surface area contributed by atoms with E-state index >= 15 is 0 Å². The number of carbonyl (C=O) groups excluding carboxylic acids is 2. The van der Waals surface area contributed by atoms with E-state index in [9.17, 15) is 27.9 Å². The summed E-state index contributed by atoms with van der Waals surface area (Å²) in [5.41, 5.74) is -0.0614. The van der Waals surface area contributed by atoms with Crippen LogP contribution in [0.5, 0.6) is 0 Å². The molecule has 0 saturated heterocycles. The topological polar surface area (TPSA) is 130 Å². The molecule has 0 saturated carbocycles. The van der Waals surface area contributed by atoms with Gasteiger partial charge in [-0.3, -0.25) is 9.59 Å². The maximum atomic E-state index is 13.0. The zero-order valence-corrected chi connectivity index (χ0v) is 20.8. The summed E-state index contributed by atoms with van der Waals surface area (Å²) < 4.78 is 25.2. The van der Waals surface area contributed by atoms with Crippen molar-refractivity contribution in [3.63, 3.8) is 0 Å². The summed E-state index contributed by atoms with van der Waals surface area (Å²) in [4.78, 5) is 37.0. The number of benzene rings is 3. The molecule has 0 heterocycles. The fourth-order valence-corrected chi connectivity index (χ4v) is 5.97. The maximum Gasteiger partial charge on any atom is 0.338 e. The van der Waals surface area contributed by atoms with Gasteiger partial charge >= 0.3 is 5.97 Å². The number of sulfone groups is 1. The first kappa shape index (κ1) is 26.3. The molecule has 0 aromatic heterocycles. The number of hydrogen-bond donors (Lipinski definition) is 3. The number of hydrogen-bond acceptors (Lipinski definition) is 6. The predicted molar refractivity (Wildman–Crippen MR) is 136 cm³/mol. The molecule has 35 heavy (non-hydrogen) atoms. The lowest BCUT2D eigenvalue weighted by molar-refractivity contribution is -0.114. The molecule has 0 atom stereocenters. The average Bonchev–Trinajstić information content (AvgIpc) is 2.79. The molecule has 0 spiro atoms. The van der Waals surface area contributed by atoms with Crippen molar-refractivity contribution in [1.29, 1.82) is 0 Å². The van der Waals surface area contributed by atoms with E-state index in [1.807, 2.05) is 0 Å². The van der Waals surface area contributed by atoms with Crippen LogP contribution in [0.4, 0.5) is 11.4 Å². The number of para-hydroxylation sites is 1. The summed E-state index contributed by atoms with van der Waals surface area (Å²) in [6, 6.07) is 16.9. The first-order valence-electron chi connectivity index (χ1n) is 10.2. The second kappa shape index (κ2) is 11.4. The number of carbonyl (C=O) groups is 3. The van der Waals surface area contributed by atoms with E-state index in [0.29, 0.717) is 15.6 Å². The van der Waals surface area contributed by atoms with Crippen molar-refractivity contribution < 1.29 is 27.9 Å². The fourth-order valence-electron chi connectivity index (χ4n) is 3.17. The third-order valence-corrected chi connectivity index (χ3v) is 8.07. The van der Waals surface area contributed by atoms with Crippen LogP contribution in [0.1, 0.15) is 27.6 Å². The van der Waals surface area contributed by atoms with Gasteiger partial charge in [-0.05, 0) is 48.5 Å².